The fraction of sp³-hybridized carbons (Fsp3) is 0.857. The number of nitrogens with one attached hydrogen (secondary N) is 1. The van der Waals surface area contributed by atoms with Gasteiger partial charge in [-0.2, -0.15) is 0 Å². The van der Waals surface area contributed by atoms with E-state index in [1.807, 2.05) is 4.90 Å². The highest BCUT2D eigenvalue weighted by atomic mass is 16.4. The third-order valence-corrected chi connectivity index (χ3v) is 4.23. The van der Waals surface area contributed by atoms with Crippen molar-refractivity contribution in [3.8, 4) is 0 Å². The third kappa shape index (κ3) is 4.49. The predicted molar refractivity (Wildman–Crippen MR) is 71.9 cm³/mol. The minimum atomic E-state index is -0.774. The van der Waals surface area contributed by atoms with Crippen LogP contribution in [0.4, 0.5) is 0 Å². The summed E-state index contributed by atoms with van der Waals surface area (Å²) in [5.41, 5.74) is 0. The Morgan fingerprint density at radius 3 is 2.53 bits per heavy atom. The standard InChI is InChI=1S/C14H24N2O3/c17-13(15-11-5-2-1-3-6-11)10-16-8-4-7-12(16)9-14(18)19/h11-12H,1-10H2,(H,15,17)(H,18,19). The molecule has 0 aromatic carbocycles. The molecule has 5 heteroatoms. The number of rotatable bonds is 5. The summed E-state index contributed by atoms with van der Waals surface area (Å²) in [6, 6.07) is 0.372. The van der Waals surface area contributed by atoms with Crippen LogP contribution in [0.1, 0.15) is 51.4 Å². The summed E-state index contributed by atoms with van der Waals surface area (Å²) >= 11 is 0. The highest BCUT2D eigenvalue weighted by Gasteiger charge is 2.28. The van der Waals surface area contributed by atoms with Crippen LogP contribution in [-0.4, -0.2) is 47.1 Å². The molecule has 1 atom stereocenters. The second kappa shape index (κ2) is 6.89. The van der Waals surface area contributed by atoms with E-state index in [9.17, 15) is 9.59 Å². The second-order valence-electron chi connectivity index (χ2n) is 5.77. The first-order valence-corrected chi connectivity index (χ1v) is 7.40. The van der Waals surface area contributed by atoms with Gasteiger partial charge >= 0.3 is 5.97 Å². The second-order valence-corrected chi connectivity index (χ2v) is 5.77. The molecule has 0 aromatic heterocycles. The smallest absolute Gasteiger partial charge is 0.304 e. The molecule has 1 saturated carbocycles. The van der Waals surface area contributed by atoms with E-state index in [4.69, 9.17) is 5.11 Å². The minimum absolute atomic E-state index is 0.0367. The van der Waals surface area contributed by atoms with Crippen LogP contribution in [0.2, 0.25) is 0 Å². The van der Waals surface area contributed by atoms with Gasteiger partial charge in [0, 0.05) is 12.1 Å². The zero-order valence-electron chi connectivity index (χ0n) is 11.4. The van der Waals surface area contributed by atoms with Gasteiger partial charge < -0.3 is 10.4 Å². The van der Waals surface area contributed by atoms with Crippen molar-refractivity contribution in [2.45, 2.75) is 63.5 Å². The van der Waals surface area contributed by atoms with Crippen molar-refractivity contribution in [3.05, 3.63) is 0 Å². The van der Waals surface area contributed by atoms with Crippen LogP contribution in [0, 0.1) is 0 Å². The Kier molecular flexibility index (Phi) is 5.19. The maximum Gasteiger partial charge on any atom is 0.304 e. The van der Waals surface area contributed by atoms with Crippen LogP contribution < -0.4 is 5.32 Å². The zero-order chi connectivity index (χ0) is 13.7. The van der Waals surface area contributed by atoms with Gasteiger partial charge in [0.2, 0.25) is 5.91 Å². The number of carbonyl (C=O) groups excluding carboxylic acids is 1. The largest absolute Gasteiger partial charge is 0.481 e. The Hall–Kier alpha value is -1.10. The number of carboxylic acids is 1. The van der Waals surface area contributed by atoms with Gasteiger partial charge in [-0.25, -0.2) is 0 Å². The lowest BCUT2D eigenvalue weighted by Gasteiger charge is -2.26. The van der Waals surface area contributed by atoms with Gasteiger partial charge in [0.05, 0.1) is 13.0 Å². The monoisotopic (exact) mass is 268 g/mol. The number of likely N-dealkylation sites (tertiary alicyclic amines) is 1. The van der Waals surface area contributed by atoms with E-state index in [0.29, 0.717) is 12.6 Å². The highest BCUT2D eigenvalue weighted by molar-refractivity contribution is 5.78. The van der Waals surface area contributed by atoms with E-state index in [0.717, 1.165) is 32.2 Å². The van der Waals surface area contributed by atoms with Crippen molar-refractivity contribution >= 4 is 11.9 Å². The zero-order valence-corrected chi connectivity index (χ0v) is 11.4. The summed E-state index contributed by atoms with van der Waals surface area (Å²) in [5.74, 6) is -0.714. The molecule has 19 heavy (non-hydrogen) atoms. The van der Waals surface area contributed by atoms with E-state index in [1.54, 1.807) is 0 Å². The molecule has 1 amide bonds. The van der Waals surface area contributed by atoms with Crippen molar-refractivity contribution in [2.75, 3.05) is 13.1 Å². The van der Waals surface area contributed by atoms with Crippen LogP contribution >= 0.6 is 0 Å². The average Bonchev–Trinajstić information content (AvgIpc) is 2.77. The molecule has 0 spiro atoms. The molecule has 0 radical (unpaired) electrons. The first-order chi connectivity index (χ1) is 9.15. The minimum Gasteiger partial charge on any atom is -0.481 e. The van der Waals surface area contributed by atoms with E-state index in [1.165, 1.54) is 19.3 Å². The highest BCUT2D eigenvalue weighted by Crippen LogP contribution is 2.20. The van der Waals surface area contributed by atoms with E-state index < -0.39 is 5.97 Å². The molecule has 2 rings (SSSR count). The van der Waals surface area contributed by atoms with Crippen LogP contribution in [-0.2, 0) is 9.59 Å². The fourth-order valence-corrected chi connectivity index (χ4v) is 3.24. The normalized spacial score (nSPS) is 25.4. The lowest BCUT2D eigenvalue weighted by atomic mass is 9.95. The van der Waals surface area contributed by atoms with Crippen LogP contribution in [0.3, 0.4) is 0 Å². The topological polar surface area (TPSA) is 69.6 Å². The summed E-state index contributed by atoms with van der Waals surface area (Å²) in [4.78, 5) is 24.8. The summed E-state index contributed by atoms with van der Waals surface area (Å²) in [6.45, 7) is 1.20. The van der Waals surface area contributed by atoms with Gasteiger partial charge in [-0.1, -0.05) is 19.3 Å². The molecule has 1 heterocycles. The van der Waals surface area contributed by atoms with Gasteiger partial charge in [-0.05, 0) is 32.2 Å². The molecule has 108 valence electrons. The Morgan fingerprint density at radius 2 is 1.84 bits per heavy atom. The number of hydrogen-bond acceptors (Lipinski definition) is 3. The fourth-order valence-electron chi connectivity index (χ4n) is 3.24. The third-order valence-electron chi connectivity index (χ3n) is 4.23. The summed E-state index contributed by atoms with van der Waals surface area (Å²) < 4.78 is 0. The molecule has 2 aliphatic rings. The van der Waals surface area contributed by atoms with E-state index >= 15 is 0 Å². The molecule has 0 aromatic rings. The van der Waals surface area contributed by atoms with Gasteiger partial charge in [0.25, 0.3) is 0 Å². The Labute approximate surface area is 114 Å². The number of carbonyl (C=O) groups is 2. The number of nitrogens with zero attached hydrogens (tertiary/aromatic N) is 1. The molecule has 1 unspecified atom stereocenters. The molecule has 0 bridgehead atoms. The number of carboxylic acid groups (broad SMARTS) is 1. The van der Waals surface area contributed by atoms with Crippen molar-refractivity contribution in [1.29, 1.82) is 0 Å². The molecule has 2 fully saturated rings. The van der Waals surface area contributed by atoms with Gasteiger partial charge in [-0.15, -0.1) is 0 Å². The number of amides is 1. The molecular formula is C14H24N2O3. The van der Waals surface area contributed by atoms with Crippen molar-refractivity contribution < 1.29 is 14.7 Å². The van der Waals surface area contributed by atoms with Crippen LogP contribution in [0.5, 0.6) is 0 Å². The molecule has 1 aliphatic heterocycles. The van der Waals surface area contributed by atoms with E-state index in [2.05, 4.69) is 5.32 Å². The maximum absolute atomic E-state index is 12.0. The van der Waals surface area contributed by atoms with E-state index in [-0.39, 0.29) is 18.4 Å². The molecule has 2 N–H and O–H groups in total. The SMILES string of the molecule is O=C(O)CC1CCCN1CC(=O)NC1CCCCC1. The number of hydrogen-bond donors (Lipinski definition) is 2. The lowest BCUT2D eigenvalue weighted by molar-refractivity contribution is -0.138. The molecule has 1 aliphatic carbocycles. The number of aliphatic carboxylic acids is 1. The Balaban J connectivity index is 1.75. The molecule has 5 nitrogen and oxygen atoms in total. The van der Waals surface area contributed by atoms with Crippen molar-refractivity contribution in [2.24, 2.45) is 0 Å². The van der Waals surface area contributed by atoms with Crippen molar-refractivity contribution in [1.82, 2.24) is 10.2 Å². The van der Waals surface area contributed by atoms with Crippen molar-refractivity contribution in [3.63, 3.8) is 0 Å². The molecule has 1 saturated heterocycles. The summed E-state index contributed by atoms with van der Waals surface area (Å²) in [5, 5.41) is 12.0. The lowest BCUT2D eigenvalue weighted by Crippen LogP contribution is -2.44. The molecular weight excluding hydrogens is 244 g/mol. The maximum atomic E-state index is 12.0. The van der Waals surface area contributed by atoms with Gasteiger partial charge in [0.1, 0.15) is 0 Å². The Morgan fingerprint density at radius 1 is 1.11 bits per heavy atom. The average molecular weight is 268 g/mol. The van der Waals surface area contributed by atoms with Gasteiger partial charge in [-0.3, -0.25) is 14.5 Å². The summed E-state index contributed by atoms with van der Waals surface area (Å²) in [7, 11) is 0. The first kappa shape index (κ1) is 14.3. The predicted octanol–water partition coefficient (Wildman–Crippen LogP) is 1.37. The van der Waals surface area contributed by atoms with Gasteiger partial charge in [0.15, 0.2) is 0 Å². The summed E-state index contributed by atoms with van der Waals surface area (Å²) in [6.07, 6.45) is 7.90. The first-order valence-electron chi connectivity index (χ1n) is 7.40. The van der Waals surface area contributed by atoms with Crippen LogP contribution in [0.25, 0.3) is 0 Å². The quantitative estimate of drug-likeness (QED) is 0.790. The van der Waals surface area contributed by atoms with Crippen LogP contribution in [0.15, 0.2) is 0 Å². The Bertz CT molecular complexity index is 327.